The number of benzene rings is 1. The number of nitrogens with one attached hydrogen (secondary N) is 2. The molecule has 0 saturated carbocycles. The summed E-state index contributed by atoms with van der Waals surface area (Å²) in [5.74, 6) is -0.916. The van der Waals surface area contributed by atoms with Crippen LogP contribution >= 0.6 is 0 Å². The van der Waals surface area contributed by atoms with E-state index in [-0.39, 0.29) is 4.90 Å². The minimum atomic E-state index is -3.82. The summed E-state index contributed by atoms with van der Waals surface area (Å²) in [5.41, 5.74) is 0. The van der Waals surface area contributed by atoms with E-state index >= 15 is 0 Å². The van der Waals surface area contributed by atoms with Crippen molar-refractivity contribution in [1.29, 1.82) is 0 Å². The summed E-state index contributed by atoms with van der Waals surface area (Å²) in [7, 11) is -3.82. The van der Waals surface area contributed by atoms with Gasteiger partial charge in [-0.3, -0.25) is 4.79 Å². The first-order valence-electron chi connectivity index (χ1n) is 5.92. The van der Waals surface area contributed by atoms with Gasteiger partial charge in [-0.05, 0) is 37.6 Å². The minimum Gasteiger partial charge on any atom is -0.355 e. The zero-order valence-corrected chi connectivity index (χ0v) is 11.6. The fraction of sp³-hybridized carbons (Fsp3) is 0.417. The van der Waals surface area contributed by atoms with Gasteiger partial charge in [0.25, 0.3) is 0 Å². The molecule has 0 aromatic heterocycles. The van der Waals surface area contributed by atoms with Gasteiger partial charge in [0, 0.05) is 6.54 Å². The smallest absolute Gasteiger partial charge is 0.241 e. The summed E-state index contributed by atoms with van der Waals surface area (Å²) in [4.78, 5) is 11.5. The van der Waals surface area contributed by atoms with Crippen molar-refractivity contribution in [2.75, 3.05) is 6.54 Å². The first kappa shape index (κ1) is 15.6. The van der Waals surface area contributed by atoms with E-state index in [2.05, 4.69) is 10.0 Å². The fourth-order valence-corrected chi connectivity index (χ4v) is 2.57. The molecule has 0 saturated heterocycles. The Bertz CT molecular complexity index is 528. The molecule has 0 radical (unpaired) electrons. The number of hydrogen-bond acceptors (Lipinski definition) is 3. The number of sulfonamides is 1. The first-order valence-corrected chi connectivity index (χ1v) is 7.40. The summed E-state index contributed by atoms with van der Waals surface area (Å²) in [6.07, 6.45) is 0.767. The Morgan fingerprint density at radius 3 is 2.42 bits per heavy atom. The molecule has 0 aliphatic heterocycles. The molecule has 0 heterocycles. The molecule has 1 rings (SSSR count). The van der Waals surface area contributed by atoms with Gasteiger partial charge in [-0.2, -0.15) is 4.72 Å². The van der Waals surface area contributed by atoms with Crippen molar-refractivity contribution in [3.8, 4) is 0 Å². The molecule has 1 amide bonds. The average molecular weight is 288 g/mol. The van der Waals surface area contributed by atoms with Crippen LogP contribution in [0.4, 0.5) is 4.39 Å². The van der Waals surface area contributed by atoms with Crippen LogP contribution in [-0.4, -0.2) is 26.9 Å². The second-order valence-corrected chi connectivity index (χ2v) is 5.80. The third-order valence-electron chi connectivity index (χ3n) is 2.40. The maximum Gasteiger partial charge on any atom is 0.241 e. The third-order valence-corrected chi connectivity index (χ3v) is 3.96. The van der Waals surface area contributed by atoms with Crippen molar-refractivity contribution in [2.24, 2.45) is 0 Å². The zero-order valence-electron chi connectivity index (χ0n) is 10.8. The van der Waals surface area contributed by atoms with Gasteiger partial charge in [0.15, 0.2) is 0 Å². The lowest BCUT2D eigenvalue weighted by Gasteiger charge is -2.14. The maximum absolute atomic E-state index is 12.7. The van der Waals surface area contributed by atoms with E-state index in [1.165, 1.54) is 6.92 Å². The average Bonchev–Trinajstić information content (AvgIpc) is 2.35. The lowest BCUT2D eigenvalue weighted by atomic mass is 10.3. The number of amides is 1. The monoisotopic (exact) mass is 288 g/mol. The largest absolute Gasteiger partial charge is 0.355 e. The Labute approximate surface area is 112 Å². The Balaban J connectivity index is 2.74. The van der Waals surface area contributed by atoms with E-state index in [4.69, 9.17) is 0 Å². The molecule has 0 aliphatic rings. The summed E-state index contributed by atoms with van der Waals surface area (Å²) in [6.45, 7) is 3.83. The predicted molar refractivity (Wildman–Crippen MR) is 69.5 cm³/mol. The maximum atomic E-state index is 12.7. The van der Waals surface area contributed by atoms with Crippen LogP contribution in [-0.2, 0) is 14.8 Å². The number of carbonyl (C=O) groups is 1. The van der Waals surface area contributed by atoms with Gasteiger partial charge < -0.3 is 5.32 Å². The quantitative estimate of drug-likeness (QED) is 0.820. The summed E-state index contributed by atoms with van der Waals surface area (Å²) >= 11 is 0. The SMILES string of the molecule is CCCNC(=O)C(C)NS(=O)(=O)c1ccc(F)cc1. The molecule has 1 unspecified atom stereocenters. The summed E-state index contributed by atoms with van der Waals surface area (Å²) in [6, 6.07) is 3.51. The molecular formula is C12H17FN2O3S. The topological polar surface area (TPSA) is 75.3 Å². The molecule has 1 aromatic carbocycles. The van der Waals surface area contributed by atoms with Crippen molar-refractivity contribution < 1.29 is 17.6 Å². The molecule has 0 fully saturated rings. The van der Waals surface area contributed by atoms with Gasteiger partial charge in [-0.1, -0.05) is 6.92 Å². The molecular weight excluding hydrogens is 271 g/mol. The van der Waals surface area contributed by atoms with Crippen LogP contribution < -0.4 is 10.0 Å². The van der Waals surface area contributed by atoms with E-state index in [0.29, 0.717) is 6.54 Å². The fourth-order valence-electron chi connectivity index (χ4n) is 1.37. The highest BCUT2D eigenvalue weighted by atomic mass is 32.2. The molecule has 2 N–H and O–H groups in total. The first-order chi connectivity index (χ1) is 8.86. The highest BCUT2D eigenvalue weighted by Gasteiger charge is 2.21. The molecule has 7 heteroatoms. The Hall–Kier alpha value is -1.47. The van der Waals surface area contributed by atoms with Crippen LogP contribution in [0, 0.1) is 5.82 Å². The van der Waals surface area contributed by atoms with Crippen LogP contribution in [0.5, 0.6) is 0 Å². The Kier molecular flexibility index (Phi) is 5.44. The van der Waals surface area contributed by atoms with E-state index < -0.39 is 27.8 Å². The van der Waals surface area contributed by atoms with Gasteiger partial charge in [-0.25, -0.2) is 12.8 Å². The van der Waals surface area contributed by atoms with Crippen LogP contribution in [0.2, 0.25) is 0 Å². The van der Waals surface area contributed by atoms with Gasteiger partial charge in [0.2, 0.25) is 15.9 Å². The third kappa shape index (κ3) is 4.60. The highest BCUT2D eigenvalue weighted by molar-refractivity contribution is 7.89. The van der Waals surface area contributed by atoms with E-state index in [1.807, 2.05) is 6.92 Å². The van der Waals surface area contributed by atoms with Crippen molar-refractivity contribution in [1.82, 2.24) is 10.0 Å². The number of hydrogen-bond donors (Lipinski definition) is 2. The van der Waals surface area contributed by atoms with Crippen molar-refractivity contribution in [3.63, 3.8) is 0 Å². The molecule has 0 spiro atoms. The molecule has 1 atom stereocenters. The van der Waals surface area contributed by atoms with Crippen molar-refractivity contribution in [2.45, 2.75) is 31.2 Å². The number of halogens is 1. The molecule has 0 bridgehead atoms. The van der Waals surface area contributed by atoms with Gasteiger partial charge in [0.05, 0.1) is 10.9 Å². The molecule has 19 heavy (non-hydrogen) atoms. The lowest BCUT2D eigenvalue weighted by molar-refractivity contribution is -0.122. The zero-order chi connectivity index (χ0) is 14.5. The highest BCUT2D eigenvalue weighted by Crippen LogP contribution is 2.10. The Morgan fingerprint density at radius 2 is 1.89 bits per heavy atom. The van der Waals surface area contributed by atoms with Gasteiger partial charge in [0.1, 0.15) is 5.82 Å². The van der Waals surface area contributed by atoms with E-state index in [0.717, 1.165) is 30.7 Å². The minimum absolute atomic E-state index is 0.0796. The second-order valence-electron chi connectivity index (χ2n) is 4.09. The van der Waals surface area contributed by atoms with Gasteiger partial charge >= 0.3 is 0 Å². The molecule has 5 nitrogen and oxygen atoms in total. The van der Waals surface area contributed by atoms with Gasteiger partial charge in [-0.15, -0.1) is 0 Å². The molecule has 106 valence electrons. The predicted octanol–water partition coefficient (Wildman–Crippen LogP) is 1.02. The second kappa shape index (κ2) is 6.63. The molecule has 1 aromatic rings. The Morgan fingerprint density at radius 1 is 1.32 bits per heavy atom. The molecule has 0 aliphatic carbocycles. The van der Waals surface area contributed by atoms with E-state index in [1.54, 1.807) is 0 Å². The van der Waals surface area contributed by atoms with Crippen molar-refractivity contribution >= 4 is 15.9 Å². The van der Waals surface area contributed by atoms with Crippen LogP contribution in [0.1, 0.15) is 20.3 Å². The number of carbonyl (C=O) groups excluding carboxylic acids is 1. The standard InChI is InChI=1S/C12H17FN2O3S/c1-3-8-14-12(16)9(2)15-19(17,18)11-6-4-10(13)5-7-11/h4-7,9,15H,3,8H2,1-2H3,(H,14,16). The van der Waals surface area contributed by atoms with Crippen molar-refractivity contribution in [3.05, 3.63) is 30.1 Å². The summed E-state index contributed by atoms with van der Waals surface area (Å²) < 4.78 is 38.8. The van der Waals surface area contributed by atoms with E-state index in [9.17, 15) is 17.6 Å². The number of rotatable bonds is 6. The lowest BCUT2D eigenvalue weighted by Crippen LogP contribution is -2.44. The summed E-state index contributed by atoms with van der Waals surface area (Å²) in [5, 5.41) is 2.59. The van der Waals surface area contributed by atoms with Crippen LogP contribution in [0.3, 0.4) is 0 Å². The van der Waals surface area contributed by atoms with Crippen LogP contribution in [0.15, 0.2) is 29.2 Å². The normalized spacial score (nSPS) is 13.0. The van der Waals surface area contributed by atoms with Crippen LogP contribution in [0.25, 0.3) is 0 Å².